The van der Waals surface area contributed by atoms with Gasteiger partial charge in [-0.25, -0.2) is 0 Å². The third-order valence-electron chi connectivity index (χ3n) is 4.48. The fraction of sp³-hybridized carbons (Fsp3) is 0.526. The molecule has 132 valence electrons. The van der Waals surface area contributed by atoms with Crippen LogP contribution in [0.15, 0.2) is 24.3 Å². The molecular formula is C19H30N4O. The molecule has 0 aliphatic rings. The van der Waals surface area contributed by atoms with Crippen molar-refractivity contribution in [3.63, 3.8) is 0 Å². The quantitative estimate of drug-likeness (QED) is 0.779. The van der Waals surface area contributed by atoms with Gasteiger partial charge in [-0.05, 0) is 58.9 Å². The summed E-state index contributed by atoms with van der Waals surface area (Å²) in [5.41, 5.74) is 5.68. The van der Waals surface area contributed by atoms with Gasteiger partial charge in [-0.3, -0.25) is 4.68 Å². The molecule has 2 N–H and O–H groups in total. The number of aryl methyl sites for hydroxylation is 1. The molecule has 0 unspecified atom stereocenters. The molecule has 0 radical (unpaired) electrons. The van der Waals surface area contributed by atoms with Crippen molar-refractivity contribution >= 4 is 11.4 Å². The topological polar surface area (TPSA) is 53.3 Å². The second kappa shape index (κ2) is 8.20. The number of nitrogens with one attached hydrogen (secondary N) is 1. The van der Waals surface area contributed by atoms with Crippen molar-refractivity contribution in [3.05, 3.63) is 41.2 Å². The van der Waals surface area contributed by atoms with E-state index in [1.165, 1.54) is 11.3 Å². The summed E-state index contributed by atoms with van der Waals surface area (Å²) in [5, 5.41) is 17.1. The van der Waals surface area contributed by atoms with Crippen LogP contribution in [0.5, 0.6) is 0 Å². The molecule has 0 aliphatic heterocycles. The molecule has 0 aliphatic carbocycles. The van der Waals surface area contributed by atoms with Gasteiger partial charge in [0.25, 0.3) is 0 Å². The van der Waals surface area contributed by atoms with E-state index in [1.807, 2.05) is 11.6 Å². The number of hydrogen-bond donors (Lipinski definition) is 2. The minimum Gasteiger partial charge on any atom is -0.394 e. The number of anilines is 2. The number of rotatable bonds is 8. The van der Waals surface area contributed by atoms with Crippen molar-refractivity contribution in [3.8, 4) is 0 Å². The largest absolute Gasteiger partial charge is 0.394 e. The zero-order valence-electron chi connectivity index (χ0n) is 15.5. The summed E-state index contributed by atoms with van der Waals surface area (Å²) in [5.74, 6) is 0. The summed E-state index contributed by atoms with van der Waals surface area (Å²) in [4.78, 5) is 2.37. The zero-order chi connectivity index (χ0) is 17.7. The van der Waals surface area contributed by atoms with Crippen molar-refractivity contribution in [1.82, 2.24) is 9.78 Å². The molecule has 0 saturated carbocycles. The maximum atomic E-state index is 9.10. The molecule has 0 saturated heterocycles. The van der Waals surface area contributed by atoms with Crippen LogP contribution in [0.25, 0.3) is 0 Å². The molecule has 24 heavy (non-hydrogen) atoms. The number of aliphatic hydroxyl groups is 1. The van der Waals surface area contributed by atoms with Gasteiger partial charge in [-0.15, -0.1) is 0 Å². The average molecular weight is 330 g/mol. The van der Waals surface area contributed by atoms with Crippen LogP contribution < -0.4 is 10.2 Å². The third-order valence-corrected chi connectivity index (χ3v) is 4.48. The van der Waals surface area contributed by atoms with E-state index >= 15 is 0 Å². The highest BCUT2D eigenvalue weighted by molar-refractivity contribution is 5.55. The molecule has 0 bridgehead atoms. The molecule has 1 heterocycles. The second-order valence-electron chi connectivity index (χ2n) is 6.38. The molecule has 0 spiro atoms. The molecule has 0 amide bonds. The van der Waals surface area contributed by atoms with Crippen LogP contribution >= 0.6 is 0 Å². The highest BCUT2D eigenvalue weighted by Crippen LogP contribution is 2.21. The van der Waals surface area contributed by atoms with Gasteiger partial charge in [-0.2, -0.15) is 5.10 Å². The second-order valence-corrected chi connectivity index (χ2v) is 6.38. The predicted octanol–water partition coefficient (Wildman–Crippen LogP) is 3.34. The van der Waals surface area contributed by atoms with Crippen LogP contribution in [0.4, 0.5) is 11.4 Å². The number of aromatic nitrogens is 2. The van der Waals surface area contributed by atoms with Gasteiger partial charge in [0.1, 0.15) is 0 Å². The lowest BCUT2D eigenvalue weighted by atomic mass is 10.2. The van der Waals surface area contributed by atoms with Gasteiger partial charge >= 0.3 is 0 Å². The summed E-state index contributed by atoms with van der Waals surface area (Å²) >= 11 is 0. The Hall–Kier alpha value is -2.01. The van der Waals surface area contributed by atoms with Gasteiger partial charge in [0.05, 0.1) is 18.8 Å². The first-order valence-corrected chi connectivity index (χ1v) is 8.72. The zero-order valence-corrected chi connectivity index (χ0v) is 15.5. The normalized spacial score (nSPS) is 11.1. The van der Waals surface area contributed by atoms with Crippen molar-refractivity contribution in [2.45, 2.75) is 53.8 Å². The summed E-state index contributed by atoms with van der Waals surface area (Å²) in [6, 6.07) is 9.09. The fourth-order valence-electron chi connectivity index (χ4n) is 3.11. The molecule has 0 atom stereocenters. The lowest BCUT2D eigenvalue weighted by molar-refractivity contribution is 0.268. The standard InChI is InChI=1S/C19H30N4O/c1-6-22(14(2)3)18-9-7-17(8-10-18)20-13-19-15(4)21-23(11-12-24)16(19)5/h7-10,14,20,24H,6,11-13H2,1-5H3. The number of benzene rings is 1. The monoisotopic (exact) mass is 330 g/mol. The third kappa shape index (κ3) is 4.09. The smallest absolute Gasteiger partial charge is 0.0646 e. The summed E-state index contributed by atoms with van der Waals surface area (Å²) in [6.45, 7) is 13.1. The van der Waals surface area contributed by atoms with Gasteiger partial charge in [0.15, 0.2) is 0 Å². The Kier molecular flexibility index (Phi) is 6.26. The first-order chi connectivity index (χ1) is 11.5. The lowest BCUT2D eigenvalue weighted by Gasteiger charge is -2.27. The number of aliphatic hydroxyl groups excluding tert-OH is 1. The van der Waals surface area contributed by atoms with E-state index in [9.17, 15) is 0 Å². The summed E-state index contributed by atoms with van der Waals surface area (Å²) in [6.07, 6.45) is 0. The summed E-state index contributed by atoms with van der Waals surface area (Å²) in [7, 11) is 0. The number of hydrogen-bond acceptors (Lipinski definition) is 4. The van der Waals surface area contributed by atoms with Crippen LogP contribution in [0.1, 0.15) is 37.7 Å². The molecule has 1 aromatic carbocycles. The van der Waals surface area contributed by atoms with E-state index in [2.05, 4.69) is 67.3 Å². The first-order valence-electron chi connectivity index (χ1n) is 8.72. The minimum absolute atomic E-state index is 0.111. The molecule has 0 fully saturated rings. The highest BCUT2D eigenvalue weighted by atomic mass is 16.3. The van der Waals surface area contributed by atoms with Gasteiger partial charge in [0, 0.05) is 41.8 Å². The van der Waals surface area contributed by atoms with E-state index in [4.69, 9.17) is 5.11 Å². The van der Waals surface area contributed by atoms with Crippen LogP contribution in [-0.2, 0) is 13.1 Å². The van der Waals surface area contributed by atoms with E-state index in [0.29, 0.717) is 12.6 Å². The lowest BCUT2D eigenvalue weighted by Crippen LogP contribution is -2.30. The van der Waals surface area contributed by atoms with Crippen molar-refractivity contribution in [2.75, 3.05) is 23.4 Å². The Balaban J connectivity index is 2.05. The van der Waals surface area contributed by atoms with E-state index in [0.717, 1.165) is 30.2 Å². The van der Waals surface area contributed by atoms with Crippen LogP contribution in [0.3, 0.4) is 0 Å². The Morgan fingerprint density at radius 2 is 1.88 bits per heavy atom. The molecule has 1 aromatic heterocycles. The van der Waals surface area contributed by atoms with Crippen molar-refractivity contribution < 1.29 is 5.11 Å². The number of nitrogens with zero attached hydrogens (tertiary/aromatic N) is 3. The van der Waals surface area contributed by atoms with Crippen molar-refractivity contribution in [1.29, 1.82) is 0 Å². The molecule has 2 aromatic rings. The minimum atomic E-state index is 0.111. The maximum absolute atomic E-state index is 9.10. The van der Waals surface area contributed by atoms with Gasteiger partial charge < -0.3 is 15.3 Å². The Bertz CT molecular complexity index is 646. The Labute approximate surface area is 145 Å². The molecule has 5 nitrogen and oxygen atoms in total. The van der Waals surface area contributed by atoms with E-state index in [1.54, 1.807) is 0 Å². The van der Waals surface area contributed by atoms with Crippen LogP contribution in [0.2, 0.25) is 0 Å². The van der Waals surface area contributed by atoms with Crippen molar-refractivity contribution in [2.24, 2.45) is 0 Å². The maximum Gasteiger partial charge on any atom is 0.0646 e. The Morgan fingerprint density at radius 3 is 2.42 bits per heavy atom. The predicted molar refractivity (Wildman–Crippen MR) is 101 cm³/mol. The van der Waals surface area contributed by atoms with Gasteiger partial charge in [0.2, 0.25) is 0 Å². The Morgan fingerprint density at radius 1 is 1.21 bits per heavy atom. The molecular weight excluding hydrogens is 300 g/mol. The highest BCUT2D eigenvalue weighted by Gasteiger charge is 2.11. The summed E-state index contributed by atoms with van der Waals surface area (Å²) < 4.78 is 1.87. The van der Waals surface area contributed by atoms with Gasteiger partial charge in [-0.1, -0.05) is 0 Å². The van der Waals surface area contributed by atoms with E-state index < -0.39 is 0 Å². The van der Waals surface area contributed by atoms with Crippen LogP contribution in [-0.4, -0.2) is 34.1 Å². The van der Waals surface area contributed by atoms with Crippen LogP contribution in [0, 0.1) is 13.8 Å². The average Bonchev–Trinajstić information content (AvgIpc) is 2.81. The molecule has 5 heteroatoms. The first kappa shape index (κ1) is 18.3. The SMILES string of the molecule is CCN(c1ccc(NCc2c(C)nn(CCO)c2C)cc1)C(C)C. The van der Waals surface area contributed by atoms with E-state index in [-0.39, 0.29) is 6.61 Å². The fourth-order valence-corrected chi connectivity index (χ4v) is 3.11. The molecule has 2 rings (SSSR count).